The highest BCUT2D eigenvalue weighted by molar-refractivity contribution is 5.76. The molecule has 0 N–H and O–H groups in total. The van der Waals surface area contributed by atoms with Crippen LogP contribution in [0.25, 0.3) is 0 Å². The lowest BCUT2D eigenvalue weighted by Gasteiger charge is -2.42. The molecule has 2 aliphatic heterocycles. The van der Waals surface area contributed by atoms with E-state index in [0.717, 1.165) is 98.8 Å². The van der Waals surface area contributed by atoms with E-state index >= 15 is 0 Å². The third-order valence-corrected chi connectivity index (χ3v) is 14.5. The molecule has 2 fully saturated rings. The maximum atomic E-state index is 13.0. The molecule has 2 amide bonds. The molecule has 2 heterocycles. The fraction of sp³-hybridized carbons (Fsp3) is 0.750. The molecule has 0 aromatic heterocycles. The first-order chi connectivity index (χ1) is 30.7. The Bertz CT molecular complexity index is 1370. The largest absolute Gasteiger partial charge is 0.457 e. The van der Waals surface area contributed by atoms with E-state index in [0.29, 0.717) is 24.7 Å². The van der Waals surface area contributed by atoms with Crippen molar-refractivity contribution in [2.24, 2.45) is 0 Å². The van der Waals surface area contributed by atoms with Gasteiger partial charge < -0.3 is 23.5 Å². The van der Waals surface area contributed by atoms with Gasteiger partial charge in [0.15, 0.2) is 0 Å². The van der Waals surface area contributed by atoms with E-state index < -0.39 is 0 Å². The maximum Gasteiger partial charge on any atom is 0.222 e. The lowest BCUT2D eigenvalue weighted by molar-refractivity contribution is -0.926. The smallest absolute Gasteiger partial charge is 0.222 e. The predicted molar refractivity (Wildman–Crippen MR) is 266 cm³/mol. The van der Waals surface area contributed by atoms with Crippen molar-refractivity contribution in [2.75, 3.05) is 66.5 Å². The molecule has 2 saturated heterocycles. The second-order valence-corrected chi connectivity index (χ2v) is 20.6. The molecule has 2 aromatic carbocycles. The van der Waals surface area contributed by atoms with Crippen LogP contribution >= 0.6 is 0 Å². The fourth-order valence-electron chi connectivity index (χ4n) is 9.96. The van der Waals surface area contributed by atoms with Gasteiger partial charge in [0.05, 0.1) is 66.5 Å². The molecule has 0 saturated carbocycles. The van der Waals surface area contributed by atoms with Crippen LogP contribution in [0, 0.1) is 0 Å². The van der Waals surface area contributed by atoms with E-state index in [1.165, 1.54) is 165 Å². The van der Waals surface area contributed by atoms with Gasteiger partial charge in [-0.05, 0) is 61.4 Å². The molecule has 2 aromatic rings. The molecule has 0 radical (unpaired) electrons. The van der Waals surface area contributed by atoms with Crippen LogP contribution < -0.4 is 4.74 Å². The van der Waals surface area contributed by atoms with Gasteiger partial charge in [-0.2, -0.15) is 0 Å². The number of hydrogen-bond donors (Lipinski definition) is 0. The van der Waals surface area contributed by atoms with Crippen LogP contribution in [0.3, 0.4) is 0 Å². The second-order valence-electron chi connectivity index (χ2n) is 20.6. The Morgan fingerprint density at radius 1 is 0.413 bits per heavy atom. The Labute approximate surface area is 387 Å². The van der Waals surface area contributed by atoms with Crippen LogP contribution in [-0.2, 0) is 22.7 Å². The summed E-state index contributed by atoms with van der Waals surface area (Å²) in [6.45, 7) is 14.0. The lowest BCUT2D eigenvalue weighted by Crippen LogP contribution is -2.57. The van der Waals surface area contributed by atoms with Crippen LogP contribution in [0.5, 0.6) is 11.5 Å². The van der Waals surface area contributed by atoms with Crippen LogP contribution in [0.2, 0.25) is 0 Å². The van der Waals surface area contributed by atoms with Crippen LogP contribution in [0.15, 0.2) is 48.5 Å². The molecule has 2 aliphatic rings. The first-order valence-corrected chi connectivity index (χ1v) is 26.8. The minimum absolute atomic E-state index is 0.357. The maximum absolute atomic E-state index is 13.0. The van der Waals surface area contributed by atoms with Crippen molar-refractivity contribution in [1.82, 2.24) is 9.80 Å². The van der Waals surface area contributed by atoms with Crippen molar-refractivity contribution in [3.8, 4) is 11.5 Å². The van der Waals surface area contributed by atoms with Crippen molar-refractivity contribution < 1.29 is 23.3 Å². The zero-order valence-electron chi connectivity index (χ0n) is 41.5. The number of piperazine rings is 2. The van der Waals surface area contributed by atoms with Gasteiger partial charge in [0.2, 0.25) is 11.8 Å². The van der Waals surface area contributed by atoms with Crippen molar-refractivity contribution in [1.29, 1.82) is 0 Å². The van der Waals surface area contributed by atoms with Crippen LogP contribution in [-0.4, -0.2) is 97.0 Å². The highest BCUT2D eigenvalue weighted by Crippen LogP contribution is 2.26. The fourth-order valence-corrected chi connectivity index (χ4v) is 9.96. The van der Waals surface area contributed by atoms with Gasteiger partial charge in [0.25, 0.3) is 0 Å². The number of ether oxygens (including phenoxy) is 1. The van der Waals surface area contributed by atoms with E-state index in [4.69, 9.17) is 4.74 Å². The average Bonchev–Trinajstić information content (AvgIpc) is 3.28. The zero-order valence-corrected chi connectivity index (χ0v) is 41.5. The Morgan fingerprint density at radius 2 is 0.667 bits per heavy atom. The summed E-state index contributed by atoms with van der Waals surface area (Å²) in [6.07, 6.45) is 36.2. The molecule has 0 atom stereocenters. The summed E-state index contributed by atoms with van der Waals surface area (Å²) in [4.78, 5) is 30.2. The molecule has 7 nitrogen and oxygen atoms in total. The Morgan fingerprint density at radius 3 is 0.937 bits per heavy atom. The lowest BCUT2D eigenvalue weighted by atomic mass is 10.0. The first kappa shape index (κ1) is 52.7. The monoisotopic (exact) mass is 873 g/mol. The summed E-state index contributed by atoms with van der Waals surface area (Å²) in [5.74, 6) is 2.43. The summed E-state index contributed by atoms with van der Waals surface area (Å²) >= 11 is 0. The van der Waals surface area contributed by atoms with Gasteiger partial charge in [-0.25, -0.2) is 0 Å². The number of benzene rings is 2. The van der Waals surface area contributed by atoms with Crippen molar-refractivity contribution in [3.63, 3.8) is 0 Å². The molecule has 0 bridgehead atoms. The van der Waals surface area contributed by atoms with E-state index in [2.05, 4.69) is 86.3 Å². The minimum atomic E-state index is 0.357. The number of hydrogen-bond acceptors (Lipinski definition) is 3. The molecular formula is C56H96N4O3+2. The van der Waals surface area contributed by atoms with E-state index in [1.54, 1.807) is 0 Å². The summed E-state index contributed by atoms with van der Waals surface area (Å²) in [5, 5.41) is 0. The number of amides is 2. The minimum Gasteiger partial charge on any atom is -0.457 e. The summed E-state index contributed by atoms with van der Waals surface area (Å²) < 4.78 is 8.21. The van der Waals surface area contributed by atoms with Gasteiger partial charge >= 0.3 is 0 Å². The number of rotatable bonds is 34. The van der Waals surface area contributed by atoms with Crippen molar-refractivity contribution in [3.05, 3.63) is 59.7 Å². The third-order valence-electron chi connectivity index (χ3n) is 14.5. The molecule has 4 rings (SSSR count). The first-order valence-electron chi connectivity index (χ1n) is 26.8. The molecule has 0 spiro atoms. The van der Waals surface area contributed by atoms with E-state index in [9.17, 15) is 9.59 Å². The van der Waals surface area contributed by atoms with Gasteiger partial charge in [-0.3, -0.25) is 9.59 Å². The van der Waals surface area contributed by atoms with Gasteiger partial charge in [0, 0.05) is 24.0 Å². The number of quaternary nitrogens is 2. The van der Waals surface area contributed by atoms with Gasteiger partial charge in [-0.1, -0.05) is 168 Å². The highest BCUT2D eigenvalue weighted by atomic mass is 16.5. The average molecular weight is 873 g/mol. The van der Waals surface area contributed by atoms with Crippen LogP contribution in [0.1, 0.15) is 205 Å². The van der Waals surface area contributed by atoms with Gasteiger partial charge in [0.1, 0.15) is 24.6 Å². The van der Waals surface area contributed by atoms with Crippen molar-refractivity contribution in [2.45, 2.75) is 207 Å². The molecule has 63 heavy (non-hydrogen) atoms. The Balaban J connectivity index is 1.03. The highest BCUT2D eigenvalue weighted by Gasteiger charge is 2.32. The number of likely N-dealkylation sites (N-methyl/N-ethyl adjacent to an activating group) is 2. The zero-order chi connectivity index (χ0) is 44.9. The Hall–Kier alpha value is -2.90. The molecule has 7 heteroatoms. The summed E-state index contributed by atoms with van der Waals surface area (Å²) in [6, 6.07) is 17.2. The SMILES string of the molecule is CCCCCCCCCCCCCCCC(=O)N1CC[N+](C)(Cc2ccc(Oc3ccc(C[N+]4(C)CCN(C(=O)CCCCCCCCCCCCCCC)CC4)cc3)cc2)CC1. The standard InChI is InChI=1S/C56H96N4O3/c1-5-7-9-11-13-15-17-19-21-23-25-27-29-31-55(61)57-41-45-59(3,46-42-57)49-51-33-37-53(38-34-51)63-54-39-35-52(36-40-54)50-60(4)47-43-58(44-48-60)56(62)32-30-28-26-24-22-20-18-16-14-12-10-8-6-2/h33-40H,5-32,41-50H2,1-4H3/q+2. The van der Waals surface area contributed by atoms with E-state index in [1.807, 2.05) is 0 Å². The summed E-state index contributed by atoms with van der Waals surface area (Å²) in [7, 11) is 4.67. The normalized spacial score (nSPS) is 16.1. The molecular weight excluding hydrogens is 777 g/mol. The molecule has 0 aliphatic carbocycles. The van der Waals surface area contributed by atoms with Crippen molar-refractivity contribution >= 4 is 11.8 Å². The van der Waals surface area contributed by atoms with Gasteiger partial charge in [-0.15, -0.1) is 0 Å². The summed E-state index contributed by atoms with van der Waals surface area (Å²) in [5.41, 5.74) is 2.62. The number of carbonyl (C=O) groups is 2. The molecule has 0 unspecified atom stereocenters. The topological polar surface area (TPSA) is 49.9 Å². The second kappa shape index (κ2) is 31.1. The Kier molecular flexibility index (Phi) is 26.0. The quantitative estimate of drug-likeness (QED) is 0.0520. The van der Waals surface area contributed by atoms with Crippen LogP contribution in [0.4, 0.5) is 0 Å². The molecule has 356 valence electrons. The van der Waals surface area contributed by atoms with E-state index in [-0.39, 0.29) is 0 Å². The number of carbonyl (C=O) groups excluding carboxylic acids is 2. The third kappa shape index (κ3) is 22.2. The predicted octanol–water partition coefficient (Wildman–Crippen LogP) is 14.0. The number of unbranched alkanes of at least 4 members (excludes halogenated alkanes) is 24. The number of nitrogens with zero attached hydrogens (tertiary/aromatic N) is 4.